The molecule has 0 aromatic heterocycles. The SMILES string of the molecule is CCN(CC(=O)Nc1ccccc1C(F)(F)F)C(C)C(=O)N(CCC#N)c1ccccc1. The fourth-order valence-electron chi connectivity index (χ4n) is 3.25. The van der Waals surface area contributed by atoms with E-state index in [-0.39, 0.29) is 31.1 Å². The first-order valence-electron chi connectivity index (χ1n) is 10.1. The van der Waals surface area contributed by atoms with Crippen LogP contribution in [0.1, 0.15) is 25.8 Å². The van der Waals surface area contributed by atoms with Crippen LogP contribution in [0.3, 0.4) is 0 Å². The molecular formula is C23H25F3N4O2. The number of likely N-dealkylation sites (N-methyl/N-ethyl adjacent to an activating group) is 1. The Bertz CT molecular complexity index is 958. The molecular weight excluding hydrogens is 421 g/mol. The Hall–Kier alpha value is -3.38. The summed E-state index contributed by atoms with van der Waals surface area (Å²) in [6.45, 7) is 3.62. The van der Waals surface area contributed by atoms with Crippen molar-refractivity contribution in [3.8, 4) is 6.07 Å². The van der Waals surface area contributed by atoms with E-state index >= 15 is 0 Å². The number of alkyl halides is 3. The normalized spacial score (nSPS) is 12.2. The number of nitrogens with zero attached hydrogens (tertiary/aromatic N) is 3. The van der Waals surface area contributed by atoms with E-state index in [1.54, 1.807) is 49.1 Å². The number of hydrogen-bond donors (Lipinski definition) is 1. The highest BCUT2D eigenvalue weighted by Gasteiger charge is 2.34. The number of amides is 2. The number of hydrogen-bond acceptors (Lipinski definition) is 4. The molecule has 0 spiro atoms. The van der Waals surface area contributed by atoms with Crippen LogP contribution in [0.15, 0.2) is 54.6 Å². The van der Waals surface area contributed by atoms with Crippen LogP contribution in [0.2, 0.25) is 0 Å². The zero-order chi connectivity index (χ0) is 23.7. The lowest BCUT2D eigenvalue weighted by atomic mass is 10.1. The lowest BCUT2D eigenvalue weighted by Crippen LogP contribution is -2.49. The Morgan fingerprint density at radius 3 is 2.31 bits per heavy atom. The highest BCUT2D eigenvalue weighted by molar-refractivity contribution is 5.98. The highest BCUT2D eigenvalue weighted by atomic mass is 19.4. The highest BCUT2D eigenvalue weighted by Crippen LogP contribution is 2.34. The molecule has 32 heavy (non-hydrogen) atoms. The lowest BCUT2D eigenvalue weighted by Gasteiger charge is -2.31. The van der Waals surface area contributed by atoms with Crippen molar-refractivity contribution in [1.82, 2.24) is 4.90 Å². The van der Waals surface area contributed by atoms with Gasteiger partial charge in [0.05, 0.1) is 36.3 Å². The molecule has 0 saturated carbocycles. The summed E-state index contributed by atoms with van der Waals surface area (Å²) in [7, 11) is 0. The molecule has 1 unspecified atom stereocenters. The zero-order valence-corrected chi connectivity index (χ0v) is 17.9. The van der Waals surface area contributed by atoms with Crippen molar-refractivity contribution < 1.29 is 22.8 Å². The van der Waals surface area contributed by atoms with Gasteiger partial charge in [-0.05, 0) is 37.7 Å². The Morgan fingerprint density at radius 1 is 1.09 bits per heavy atom. The van der Waals surface area contributed by atoms with Gasteiger partial charge >= 0.3 is 6.18 Å². The molecule has 9 heteroatoms. The molecule has 6 nitrogen and oxygen atoms in total. The van der Waals surface area contributed by atoms with Crippen LogP contribution in [0.25, 0.3) is 0 Å². The van der Waals surface area contributed by atoms with Crippen molar-refractivity contribution in [2.75, 3.05) is 29.9 Å². The summed E-state index contributed by atoms with van der Waals surface area (Å²) in [5, 5.41) is 11.2. The van der Waals surface area contributed by atoms with Gasteiger partial charge in [0.15, 0.2) is 0 Å². The van der Waals surface area contributed by atoms with Crippen LogP contribution in [0.5, 0.6) is 0 Å². The maximum Gasteiger partial charge on any atom is 0.418 e. The van der Waals surface area contributed by atoms with E-state index in [1.165, 1.54) is 23.1 Å². The zero-order valence-electron chi connectivity index (χ0n) is 17.9. The standard InChI is InChI=1S/C23H25F3N4O2/c1-3-29(16-21(31)28-20-13-8-7-12-19(20)23(24,25)26)17(2)22(32)30(15-9-14-27)18-10-5-4-6-11-18/h4-8,10-13,17H,3,9,15-16H2,1-2H3,(H,28,31). The largest absolute Gasteiger partial charge is 0.418 e. The minimum Gasteiger partial charge on any atom is -0.324 e. The molecule has 2 amide bonds. The summed E-state index contributed by atoms with van der Waals surface area (Å²) < 4.78 is 39.5. The first-order chi connectivity index (χ1) is 15.2. The summed E-state index contributed by atoms with van der Waals surface area (Å²) in [6, 6.07) is 14.9. The first-order valence-corrected chi connectivity index (χ1v) is 10.1. The predicted octanol–water partition coefficient (Wildman–Crippen LogP) is 4.30. The summed E-state index contributed by atoms with van der Waals surface area (Å²) in [4.78, 5) is 28.7. The topological polar surface area (TPSA) is 76.4 Å². The predicted molar refractivity (Wildman–Crippen MR) is 116 cm³/mol. The van der Waals surface area contributed by atoms with E-state index in [1.807, 2.05) is 6.07 Å². The van der Waals surface area contributed by atoms with Gasteiger partial charge in [0.25, 0.3) is 0 Å². The van der Waals surface area contributed by atoms with Crippen molar-refractivity contribution in [3.63, 3.8) is 0 Å². The van der Waals surface area contributed by atoms with Crippen molar-refractivity contribution in [3.05, 3.63) is 60.2 Å². The molecule has 170 valence electrons. The van der Waals surface area contributed by atoms with Crippen LogP contribution < -0.4 is 10.2 Å². The molecule has 0 heterocycles. The lowest BCUT2D eigenvalue weighted by molar-refractivity contribution is -0.137. The van der Waals surface area contributed by atoms with Gasteiger partial charge in [-0.3, -0.25) is 14.5 Å². The molecule has 0 aliphatic rings. The van der Waals surface area contributed by atoms with Crippen molar-refractivity contribution in [2.45, 2.75) is 32.5 Å². The smallest absolute Gasteiger partial charge is 0.324 e. The van der Waals surface area contributed by atoms with E-state index in [0.717, 1.165) is 6.07 Å². The van der Waals surface area contributed by atoms with Gasteiger partial charge in [-0.15, -0.1) is 0 Å². The third-order valence-corrected chi connectivity index (χ3v) is 4.95. The first kappa shape index (κ1) is 24.9. The minimum atomic E-state index is -4.60. The van der Waals surface area contributed by atoms with E-state index in [4.69, 9.17) is 5.26 Å². The fraction of sp³-hybridized carbons (Fsp3) is 0.348. The minimum absolute atomic E-state index is 0.133. The van der Waals surface area contributed by atoms with Crippen molar-refractivity contribution in [1.29, 1.82) is 5.26 Å². The number of halogens is 3. The van der Waals surface area contributed by atoms with Gasteiger partial charge in [-0.25, -0.2) is 0 Å². The van der Waals surface area contributed by atoms with Gasteiger partial charge < -0.3 is 10.2 Å². The Labute approximate surface area is 185 Å². The van der Waals surface area contributed by atoms with Crippen LogP contribution in [-0.2, 0) is 15.8 Å². The molecule has 1 atom stereocenters. The second kappa shape index (κ2) is 11.3. The number of nitriles is 1. The molecule has 0 radical (unpaired) electrons. The van der Waals surface area contributed by atoms with E-state index in [0.29, 0.717) is 12.2 Å². The number of anilines is 2. The average Bonchev–Trinajstić information content (AvgIpc) is 2.77. The van der Waals surface area contributed by atoms with Gasteiger partial charge in [-0.2, -0.15) is 18.4 Å². The van der Waals surface area contributed by atoms with Gasteiger partial charge in [0.1, 0.15) is 0 Å². The second-order valence-corrected chi connectivity index (χ2v) is 7.06. The molecule has 2 aromatic carbocycles. The number of benzene rings is 2. The van der Waals surface area contributed by atoms with Crippen LogP contribution in [-0.4, -0.2) is 42.4 Å². The number of nitrogens with one attached hydrogen (secondary N) is 1. The molecule has 0 bridgehead atoms. The van der Waals surface area contributed by atoms with Crippen molar-refractivity contribution in [2.24, 2.45) is 0 Å². The number of rotatable bonds is 9. The maximum atomic E-state index is 13.2. The van der Waals surface area contributed by atoms with E-state index in [2.05, 4.69) is 5.32 Å². The van der Waals surface area contributed by atoms with Gasteiger partial charge in [-0.1, -0.05) is 37.3 Å². The molecule has 0 aliphatic heterocycles. The van der Waals surface area contributed by atoms with Crippen LogP contribution in [0, 0.1) is 11.3 Å². The summed E-state index contributed by atoms with van der Waals surface area (Å²) in [6.07, 6.45) is -4.47. The summed E-state index contributed by atoms with van der Waals surface area (Å²) in [5.74, 6) is -0.969. The van der Waals surface area contributed by atoms with Gasteiger partial charge in [0, 0.05) is 12.2 Å². The second-order valence-electron chi connectivity index (χ2n) is 7.06. The van der Waals surface area contributed by atoms with Crippen LogP contribution >= 0.6 is 0 Å². The summed E-state index contributed by atoms with van der Waals surface area (Å²) in [5.41, 5.74) is -0.647. The fourth-order valence-corrected chi connectivity index (χ4v) is 3.25. The molecule has 0 saturated heterocycles. The number of carbonyl (C=O) groups excluding carboxylic acids is 2. The Kier molecular flexibility index (Phi) is 8.79. The van der Waals surface area contributed by atoms with E-state index < -0.39 is 23.7 Å². The van der Waals surface area contributed by atoms with E-state index in [9.17, 15) is 22.8 Å². The van der Waals surface area contributed by atoms with Crippen LogP contribution in [0.4, 0.5) is 24.5 Å². The number of carbonyl (C=O) groups is 2. The average molecular weight is 446 g/mol. The third kappa shape index (κ3) is 6.56. The molecule has 1 N–H and O–H groups in total. The molecule has 0 aliphatic carbocycles. The number of para-hydroxylation sites is 2. The molecule has 0 fully saturated rings. The monoisotopic (exact) mass is 446 g/mol. The van der Waals surface area contributed by atoms with Gasteiger partial charge in [0.2, 0.25) is 11.8 Å². The van der Waals surface area contributed by atoms with Crippen molar-refractivity contribution >= 4 is 23.2 Å². The Balaban J connectivity index is 2.14. The Morgan fingerprint density at radius 2 is 1.72 bits per heavy atom. The maximum absolute atomic E-state index is 13.2. The third-order valence-electron chi connectivity index (χ3n) is 4.95. The quantitative estimate of drug-likeness (QED) is 0.623. The summed E-state index contributed by atoms with van der Waals surface area (Å²) >= 11 is 0. The molecule has 2 aromatic rings. The molecule has 2 rings (SSSR count).